The van der Waals surface area contributed by atoms with Crippen molar-refractivity contribution in [1.29, 1.82) is 0 Å². The van der Waals surface area contributed by atoms with Crippen molar-refractivity contribution in [2.45, 2.75) is 89.4 Å². The van der Waals surface area contributed by atoms with E-state index in [4.69, 9.17) is 0 Å². The van der Waals surface area contributed by atoms with Crippen LogP contribution in [0.2, 0.25) is 0 Å². The second-order valence-corrected chi connectivity index (χ2v) is 37.4. The molecule has 2 aromatic heterocycles. The van der Waals surface area contributed by atoms with Gasteiger partial charge >= 0.3 is 0 Å². The van der Waals surface area contributed by atoms with Gasteiger partial charge in [-0.05, 0) is 183 Å². The predicted octanol–water partition coefficient (Wildman–Crippen LogP) is 28.3. The first-order valence-electron chi connectivity index (χ1n) is 41.0. The molecule has 0 atom stereocenters. The van der Waals surface area contributed by atoms with Crippen molar-refractivity contribution in [3.8, 4) is 33.4 Å². The Morgan fingerprint density at radius 2 is 0.664 bits per heavy atom. The van der Waals surface area contributed by atoms with Gasteiger partial charge in [0.05, 0.1) is 33.6 Å². The van der Waals surface area contributed by atoms with Gasteiger partial charge in [-0.15, -0.1) is 22.7 Å². The van der Waals surface area contributed by atoms with Gasteiger partial charge in [-0.2, -0.15) is 0 Å². The maximum absolute atomic E-state index is 2.82. The Kier molecular flexibility index (Phi) is 15.7. The maximum atomic E-state index is 2.82. The van der Waals surface area contributed by atoms with E-state index in [-0.39, 0.29) is 23.0 Å². The molecule has 0 fully saturated rings. The van der Waals surface area contributed by atoms with Crippen LogP contribution in [0.15, 0.2) is 358 Å². The molecule has 3 nitrogen and oxygen atoms in total. The van der Waals surface area contributed by atoms with Crippen molar-refractivity contribution in [3.05, 3.63) is 419 Å². The second-order valence-electron chi connectivity index (χ2n) is 35.3. The lowest BCUT2D eigenvalue weighted by molar-refractivity contribution is 0.590. The van der Waals surface area contributed by atoms with Crippen LogP contribution in [0.4, 0.5) is 51.2 Å². The summed E-state index contributed by atoms with van der Waals surface area (Å²) in [4.78, 5) is 8.25. The predicted molar refractivity (Wildman–Crippen MR) is 497 cm³/mol. The zero-order valence-corrected chi connectivity index (χ0v) is 68.4. The number of fused-ring (bicyclic) bond motifs is 15. The van der Waals surface area contributed by atoms with Crippen LogP contribution >= 0.6 is 22.7 Å². The van der Waals surface area contributed by atoms with E-state index in [2.05, 4.69) is 435 Å². The number of anilines is 9. The van der Waals surface area contributed by atoms with E-state index in [1.807, 2.05) is 22.7 Å². The summed E-state index contributed by atoms with van der Waals surface area (Å²) in [6.45, 7) is 21.4. The summed E-state index contributed by atoms with van der Waals surface area (Å²) in [6, 6.07) is 138. The average Bonchev–Trinajstić information content (AvgIpc) is 1.29. The fourth-order valence-electron chi connectivity index (χ4n) is 20.7. The lowest BCUT2D eigenvalue weighted by atomic mass is 9.33. The van der Waals surface area contributed by atoms with Gasteiger partial charge in [0.1, 0.15) is 0 Å². The van der Waals surface area contributed by atoms with Gasteiger partial charge in [0.15, 0.2) is 0 Å². The van der Waals surface area contributed by atoms with E-state index in [1.165, 1.54) is 180 Å². The Balaban J connectivity index is 0.942. The summed E-state index contributed by atoms with van der Waals surface area (Å²) in [5.74, 6) is 0. The van der Waals surface area contributed by atoms with Crippen molar-refractivity contribution in [1.82, 2.24) is 0 Å². The quantitative estimate of drug-likeness (QED) is 0.133. The van der Waals surface area contributed by atoms with Crippen molar-refractivity contribution in [3.63, 3.8) is 0 Å². The van der Waals surface area contributed by atoms with Gasteiger partial charge in [0.25, 0.3) is 6.71 Å². The van der Waals surface area contributed by atoms with Crippen LogP contribution in [0.5, 0.6) is 0 Å². The third kappa shape index (κ3) is 10.2. The molecule has 18 aromatic rings. The van der Waals surface area contributed by atoms with Crippen molar-refractivity contribution in [2.75, 3.05) is 14.7 Å². The zero-order chi connectivity index (χ0) is 78.3. The number of thiophene rings is 2. The third-order valence-corrected chi connectivity index (χ3v) is 28.1. The van der Waals surface area contributed by atoms with Gasteiger partial charge in [-0.1, -0.05) is 353 Å². The second kappa shape index (κ2) is 26.0. The molecular weight excluding hydrogens is 1440 g/mol. The summed E-state index contributed by atoms with van der Waals surface area (Å²) in [7, 11) is 0. The van der Waals surface area contributed by atoms with Gasteiger partial charge in [0.2, 0.25) is 0 Å². The zero-order valence-electron chi connectivity index (χ0n) is 66.8. The van der Waals surface area contributed by atoms with Crippen molar-refractivity contribution >= 4 is 137 Å². The van der Waals surface area contributed by atoms with E-state index in [0.29, 0.717) is 0 Å². The van der Waals surface area contributed by atoms with Crippen LogP contribution < -0.4 is 31.1 Å². The summed E-state index contributed by atoms with van der Waals surface area (Å²) in [5, 5.41) is 5.05. The smallest absolute Gasteiger partial charge is 0.252 e. The molecule has 116 heavy (non-hydrogen) atoms. The highest BCUT2D eigenvalue weighted by molar-refractivity contribution is 7.26. The lowest BCUT2D eigenvalue weighted by Crippen LogP contribution is -2.61. The largest absolute Gasteiger partial charge is 0.310 e. The van der Waals surface area contributed by atoms with Gasteiger partial charge in [-0.25, -0.2) is 0 Å². The first-order chi connectivity index (χ1) is 56.5. The van der Waals surface area contributed by atoms with Gasteiger partial charge in [0, 0.05) is 79.9 Å². The molecule has 16 aromatic carbocycles. The number of benzene rings is 16. The van der Waals surface area contributed by atoms with Crippen LogP contribution in [0.1, 0.15) is 124 Å². The van der Waals surface area contributed by atoms with E-state index in [1.54, 1.807) is 0 Å². The average molecular weight is 1520 g/mol. The Bertz CT molecular complexity index is 6900. The molecule has 0 spiro atoms. The molecule has 556 valence electrons. The van der Waals surface area contributed by atoms with Crippen molar-refractivity contribution < 1.29 is 0 Å². The highest BCUT2D eigenvalue weighted by Crippen LogP contribution is 2.64. The molecule has 0 radical (unpaired) electrons. The highest BCUT2D eigenvalue weighted by atomic mass is 32.1. The maximum Gasteiger partial charge on any atom is 0.252 e. The summed E-state index contributed by atoms with van der Waals surface area (Å²) < 4.78 is 5.17. The van der Waals surface area contributed by atoms with Crippen LogP contribution in [-0.4, -0.2) is 6.71 Å². The summed E-state index contributed by atoms with van der Waals surface area (Å²) >= 11 is 3.90. The lowest BCUT2D eigenvalue weighted by Gasteiger charge is -2.48. The van der Waals surface area contributed by atoms with Crippen LogP contribution in [0.3, 0.4) is 0 Å². The Morgan fingerprint density at radius 1 is 0.276 bits per heavy atom. The van der Waals surface area contributed by atoms with E-state index < -0.39 is 10.8 Å². The molecule has 0 N–H and O–H groups in total. The normalized spacial score (nSPS) is 14.3. The Labute approximate surface area is 688 Å². The molecule has 0 unspecified atom stereocenters. The van der Waals surface area contributed by atoms with E-state index >= 15 is 0 Å². The minimum atomic E-state index is -0.712. The fraction of sp³-hybridized carbons (Fsp3) is 0.127. The number of hydrogen-bond acceptors (Lipinski definition) is 5. The minimum absolute atomic E-state index is 0.218. The van der Waals surface area contributed by atoms with Crippen molar-refractivity contribution in [2.24, 2.45) is 0 Å². The molecule has 5 heterocycles. The fourth-order valence-corrected chi connectivity index (χ4v) is 23.5. The summed E-state index contributed by atoms with van der Waals surface area (Å²) in [5.41, 5.74) is 33.0. The first-order valence-corrected chi connectivity index (χ1v) is 42.6. The number of nitrogens with zero attached hydrogens (tertiary/aromatic N) is 3. The standard InChI is InChI=1S/C110H86BN3S2/c1-106(2,3)75-62-95-101-96(63-75)114(103-81(70-40-18-11-19-41-70)66-88(108(7,8)9)105-100(103)79-52-30-37-59-98(79)116-105)94-67-82-77-50-28-31-53-83(77)109(71-42-20-12-21-43-71,72-44-22-13-23-45-72)86(82)68-90(94)111(101)89-61-60-76(112-91-56-34-32-54-84(91)110(73-46-24-14-25-47-73,74-48-26-15-27-49-74)85-55-33-35-57-92(85)112)64-93(89)113(95)102-80(69-38-16-10-17-39-69)65-87(107(4,5)6)104-99(102)78-51-29-36-58-97(78)115-104/h10-68H,1-9H3. The molecule has 0 saturated carbocycles. The molecule has 1 aliphatic carbocycles. The highest BCUT2D eigenvalue weighted by Gasteiger charge is 2.53. The van der Waals surface area contributed by atoms with Crippen LogP contribution in [-0.2, 0) is 27.1 Å². The van der Waals surface area contributed by atoms with Crippen LogP contribution in [0, 0.1) is 0 Å². The molecule has 0 amide bonds. The number of hydrogen-bond donors (Lipinski definition) is 0. The van der Waals surface area contributed by atoms with E-state index in [9.17, 15) is 0 Å². The van der Waals surface area contributed by atoms with Gasteiger partial charge in [-0.3, -0.25) is 0 Å². The van der Waals surface area contributed by atoms with Gasteiger partial charge < -0.3 is 14.7 Å². The Morgan fingerprint density at radius 3 is 1.11 bits per heavy atom. The third-order valence-electron chi connectivity index (χ3n) is 25.7. The van der Waals surface area contributed by atoms with E-state index in [0.717, 1.165) is 22.7 Å². The molecule has 0 bridgehead atoms. The topological polar surface area (TPSA) is 9.72 Å². The molecule has 0 saturated heterocycles. The molecule has 3 aliphatic heterocycles. The molecule has 4 aliphatic rings. The SMILES string of the molecule is CC(C)(C)c1cc2c3c(c1)N(c1c(-c4ccccc4)cc(C(C)(C)C)c4sc5ccccc5c14)c1cc4c(cc1B3c1ccc(N3c5ccccc5C(c5ccccc5)(c5ccccc5)c5ccccc53)cc1N2c1c(-c2ccccc2)cc(C(C)(C)C)c2sc3ccccc3c12)C(c1ccccc1)(c1ccccc1)c1ccccc1-4. The monoisotopic (exact) mass is 1520 g/mol. The number of rotatable bonds is 9. The number of para-hydroxylation sites is 2. The molecule has 6 heteroatoms. The van der Waals surface area contributed by atoms with Crippen LogP contribution in [0.25, 0.3) is 73.7 Å². The summed E-state index contributed by atoms with van der Waals surface area (Å²) in [6.07, 6.45) is 0. The Hall–Kier alpha value is -12.6. The molecular formula is C110H86BN3S2. The molecule has 22 rings (SSSR count). The minimum Gasteiger partial charge on any atom is -0.310 e. The first kappa shape index (κ1) is 70.1.